The van der Waals surface area contributed by atoms with E-state index in [1.807, 2.05) is 30.3 Å². The second-order valence-electron chi connectivity index (χ2n) is 8.13. The number of aliphatic hydroxyl groups is 1. The number of aliphatic hydroxyl groups excluding tert-OH is 1. The van der Waals surface area contributed by atoms with Crippen LogP contribution < -0.4 is 16.0 Å². The number of benzene rings is 2. The second-order valence-corrected chi connectivity index (χ2v) is 8.13. The minimum absolute atomic E-state index is 0.196. The fourth-order valence-electron chi connectivity index (χ4n) is 3.99. The first-order valence-electron chi connectivity index (χ1n) is 9.82. The van der Waals surface area contributed by atoms with Gasteiger partial charge in [0.1, 0.15) is 17.5 Å². The number of hydrogen-bond acceptors (Lipinski definition) is 4. The molecule has 6 heteroatoms. The Kier molecular flexibility index (Phi) is 4.95. The average molecular weight is 404 g/mol. The summed E-state index contributed by atoms with van der Waals surface area (Å²) in [6, 6.07) is 18.1. The Morgan fingerprint density at radius 1 is 1.10 bits per heavy atom. The maximum atomic E-state index is 13.4. The van der Waals surface area contributed by atoms with E-state index in [-0.39, 0.29) is 5.56 Å². The lowest BCUT2D eigenvalue weighted by Crippen LogP contribution is -2.50. The molecule has 1 amide bonds. The number of nitrogens with two attached hydrogens (primary N) is 1. The van der Waals surface area contributed by atoms with E-state index < -0.39 is 23.5 Å². The van der Waals surface area contributed by atoms with Gasteiger partial charge in [-0.15, -0.1) is 0 Å². The van der Waals surface area contributed by atoms with Crippen molar-refractivity contribution in [1.29, 1.82) is 0 Å². The fraction of sp³-hybridized carbons (Fsp3) is 0.250. The van der Waals surface area contributed by atoms with Gasteiger partial charge in [0.05, 0.1) is 6.54 Å². The van der Waals surface area contributed by atoms with Gasteiger partial charge in [0, 0.05) is 28.8 Å². The lowest BCUT2D eigenvalue weighted by atomic mass is 9.77. The topological polar surface area (TPSA) is 94.5 Å². The molecule has 2 atom stereocenters. The molecule has 1 aliphatic rings. The van der Waals surface area contributed by atoms with Crippen LogP contribution in [0, 0.1) is 0 Å². The average Bonchev–Trinajstić information content (AvgIpc) is 2.71. The van der Waals surface area contributed by atoms with E-state index in [4.69, 9.17) is 10.5 Å². The van der Waals surface area contributed by atoms with Crippen LogP contribution in [0.4, 0.5) is 0 Å². The molecule has 154 valence electrons. The number of hydrogen-bond donors (Lipinski definition) is 2. The monoisotopic (exact) mass is 404 g/mol. The van der Waals surface area contributed by atoms with Gasteiger partial charge < -0.3 is 20.1 Å². The molecule has 2 unspecified atom stereocenters. The number of pyridine rings is 1. The number of aromatic nitrogens is 1. The third-order valence-corrected chi connectivity index (χ3v) is 5.61. The molecule has 4 rings (SSSR count). The zero-order chi connectivity index (χ0) is 21.5. The fourth-order valence-corrected chi connectivity index (χ4v) is 3.99. The lowest BCUT2D eigenvalue weighted by Gasteiger charge is -2.42. The van der Waals surface area contributed by atoms with Crippen molar-refractivity contribution in [3.8, 4) is 5.75 Å². The van der Waals surface area contributed by atoms with Crippen LogP contribution in [0.1, 0.15) is 46.8 Å². The molecule has 30 heavy (non-hydrogen) atoms. The molecule has 0 spiro atoms. The number of carbonyl (C=O) groups is 1. The zero-order valence-corrected chi connectivity index (χ0v) is 16.9. The van der Waals surface area contributed by atoms with Crippen LogP contribution in [0.15, 0.2) is 71.7 Å². The zero-order valence-electron chi connectivity index (χ0n) is 16.9. The van der Waals surface area contributed by atoms with Gasteiger partial charge >= 0.3 is 0 Å². The Morgan fingerprint density at radius 2 is 1.83 bits per heavy atom. The predicted molar refractivity (Wildman–Crippen MR) is 114 cm³/mol. The highest BCUT2D eigenvalue weighted by Gasteiger charge is 2.44. The first-order valence-corrected chi connectivity index (χ1v) is 9.82. The van der Waals surface area contributed by atoms with E-state index >= 15 is 0 Å². The van der Waals surface area contributed by atoms with Crippen molar-refractivity contribution in [3.63, 3.8) is 0 Å². The van der Waals surface area contributed by atoms with Crippen LogP contribution in [0.5, 0.6) is 5.75 Å². The SMILES string of the molecule is CC1(C)Oc2ccc(C(N)=O)cc2C(c2cccn(Cc3ccccc3)c2=O)C1O. The molecule has 6 nitrogen and oxygen atoms in total. The molecule has 0 bridgehead atoms. The van der Waals surface area contributed by atoms with E-state index in [2.05, 4.69) is 0 Å². The van der Waals surface area contributed by atoms with Crippen molar-refractivity contribution in [3.05, 3.63) is 99.5 Å². The molecule has 2 aromatic carbocycles. The quantitative estimate of drug-likeness (QED) is 0.699. The highest BCUT2D eigenvalue weighted by Crippen LogP contribution is 2.44. The van der Waals surface area contributed by atoms with Crippen LogP contribution in [0.25, 0.3) is 0 Å². The maximum absolute atomic E-state index is 13.4. The smallest absolute Gasteiger partial charge is 0.254 e. The van der Waals surface area contributed by atoms with Crippen molar-refractivity contribution in [2.24, 2.45) is 5.73 Å². The number of rotatable bonds is 4. The molecule has 1 aliphatic heterocycles. The van der Waals surface area contributed by atoms with Crippen molar-refractivity contribution < 1.29 is 14.6 Å². The summed E-state index contributed by atoms with van der Waals surface area (Å²) in [6.07, 6.45) is 0.740. The largest absolute Gasteiger partial charge is 0.485 e. The van der Waals surface area contributed by atoms with Gasteiger partial charge in [-0.2, -0.15) is 0 Å². The molecular weight excluding hydrogens is 380 g/mol. The Bertz CT molecular complexity index is 1150. The third-order valence-electron chi connectivity index (χ3n) is 5.61. The summed E-state index contributed by atoms with van der Waals surface area (Å²) in [5.74, 6) is -0.706. The highest BCUT2D eigenvalue weighted by molar-refractivity contribution is 5.93. The van der Waals surface area contributed by atoms with Gasteiger partial charge in [-0.05, 0) is 43.7 Å². The minimum atomic E-state index is -0.992. The Balaban J connectivity index is 1.85. The Labute approximate surface area is 174 Å². The molecular formula is C24H24N2O4. The Morgan fingerprint density at radius 3 is 2.53 bits per heavy atom. The predicted octanol–water partition coefficient (Wildman–Crippen LogP) is 2.66. The normalized spacial score (nSPS) is 19.6. The minimum Gasteiger partial charge on any atom is -0.485 e. The molecule has 0 saturated carbocycles. The lowest BCUT2D eigenvalue weighted by molar-refractivity contribution is -0.0514. The third kappa shape index (κ3) is 3.50. The number of ether oxygens (including phenoxy) is 1. The van der Waals surface area contributed by atoms with Crippen molar-refractivity contribution >= 4 is 5.91 Å². The van der Waals surface area contributed by atoms with Crippen molar-refractivity contribution in [2.75, 3.05) is 0 Å². The van der Waals surface area contributed by atoms with Crippen LogP contribution in [0.3, 0.4) is 0 Å². The molecule has 1 aromatic heterocycles. The summed E-state index contributed by atoms with van der Waals surface area (Å²) < 4.78 is 7.60. The van der Waals surface area contributed by atoms with E-state index in [0.29, 0.717) is 29.0 Å². The number of nitrogens with zero attached hydrogens (tertiary/aromatic N) is 1. The van der Waals surface area contributed by atoms with E-state index in [9.17, 15) is 14.7 Å². The molecule has 3 aromatic rings. The van der Waals surface area contributed by atoms with Gasteiger partial charge in [-0.1, -0.05) is 36.4 Å². The van der Waals surface area contributed by atoms with Crippen molar-refractivity contribution in [2.45, 2.75) is 38.0 Å². The van der Waals surface area contributed by atoms with E-state index in [1.54, 1.807) is 54.9 Å². The summed E-state index contributed by atoms with van der Waals surface area (Å²) in [6.45, 7) is 3.98. The van der Waals surface area contributed by atoms with E-state index in [0.717, 1.165) is 5.56 Å². The van der Waals surface area contributed by atoms with Crippen LogP contribution in [-0.2, 0) is 6.54 Å². The van der Waals surface area contributed by atoms with Crippen LogP contribution >= 0.6 is 0 Å². The number of fused-ring (bicyclic) bond motifs is 1. The number of primary amides is 1. The van der Waals surface area contributed by atoms with Crippen LogP contribution in [0.2, 0.25) is 0 Å². The Hall–Kier alpha value is -3.38. The first-order chi connectivity index (χ1) is 14.3. The molecule has 0 saturated heterocycles. The summed E-state index contributed by atoms with van der Waals surface area (Å²) in [4.78, 5) is 25.1. The molecule has 0 fully saturated rings. The van der Waals surface area contributed by atoms with Crippen LogP contribution in [-0.4, -0.2) is 27.3 Å². The summed E-state index contributed by atoms with van der Waals surface area (Å²) in [7, 11) is 0. The van der Waals surface area contributed by atoms with Gasteiger partial charge in [0.15, 0.2) is 0 Å². The van der Waals surface area contributed by atoms with Crippen molar-refractivity contribution in [1.82, 2.24) is 4.57 Å². The number of amides is 1. The van der Waals surface area contributed by atoms with E-state index in [1.165, 1.54) is 0 Å². The van der Waals surface area contributed by atoms with Gasteiger partial charge in [-0.25, -0.2) is 0 Å². The number of carbonyl (C=O) groups excluding carboxylic acids is 1. The molecule has 0 aliphatic carbocycles. The summed E-state index contributed by atoms with van der Waals surface area (Å²) >= 11 is 0. The maximum Gasteiger partial charge on any atom is 0.254 e. The summed E-state index contributed by atoms with van der Waals surface area (Å²) in [5.41, 5.74) is 6.66. The highest BCUT2D eigenvalue weighted by atomic mass is 16.5. The molecule has 0 radical (unpaired) electrons. The molecule has 2 heterocycles. The molecule has 3 N–H and O–H groups in total. The van der Waals surface area contributed by atoms with Gasteiger partial charge in [0.2, 0.25) is 5.91 Å². The van der Waals surface area contributed by atoms with Gasteiger partial charge in [0.25, 0.3) is 5.56 Å². The summed E-state index contributed by atoms with van der Waals surface area (Å²) in [5, 5.41) is 11.1. The first kappa shape index (κ1) is 19.9. The standard InChI is InChI=1S/C24H24N2O4/c1-24(2)21(27)20(18-13-16(22(25)28)10-11-19(18)30-24)17-9-6-12-26(23(17)29)14-15-7-4-3-5-8-15/h3-13,20-21,27H,14H2,1-2H3,(H2,25,28). The second kappa shape index (κ2) is 7.46. The van der Waals surface area contributed by atoms with Gasteiger partial charge in [-0.3, -0.25) is 9.59 Å².